The lowest BCUT2D eigenvalue weighted by Crippen LogP contribution is -2.43. The molecular formula is C21H32O4. The Balaban J connectivity index is 3.02. The van der Waals surface area contributed by atoms with Crippen LogP contribution in [0.1, 0.15) is 72.1 Å². The van der Waals surface area contributed by atoms with Crippen LogP contribution in [0.25, 0.3) is 0 Å². The largest absolute Gasteiger partial charge is 0.465 e. The second-order valence-corrected chi connectivity index (χ2v) is 6.48. The molecule has 0 fully saturated rings. The van der Waals surface area contributed by atoms with Gasteiger partial charge in [0.05, 0.1) is 6.61 Å². The van der Waals surface area contributed by atoms with E-state index >= 15 is 0 Å². The van der Waals surface area contributed by atoms with Crippen LogP contribution in [-0.4, -0.2) is 18.5 Å². The van der Waals surface area contributed by atoms with Gasteiger partial charge < -0.3 is 9.47 Å². The minimum absolute atomic E-state index is 0.355. The third kappa shape index (κ3) is 6.52. The van der Waals surface area contributed by atoms with E-state index in [2.05, 4.69) is 13.8 Å². The molecule has 0 aliphatic rings. The second-order valence-electron chi connectivity index (χ2n) is 6.48. The first-order valence-corrected chi connectivity index (χ1v) is 9.55. The predicted molar refractivity (Wildman–Crippen MR) is 99.4 cm³/mol. The van der Waals surface area contributed by atoms with Gasteiger partial charge in [0.1, 0.15) is 5.75 Å². The monoisotopic (exact) mass is 348 g/mol. The summed E-state index contributed by atoms with van der Waals surface area (Å²) in [4.78, 5) is 25.9. The Hall–Kier alpha value is -1.84. The van der Waals surface area contributed by atoms with Crippen LogP contribution in [0.4, 0.5) is 0 Å². The minimum atomic E-state index is -1.20. The normalized spacial score (nSPS) is 11.2. The molecule has 0 saturated carbocycles. The predicted octanol–water partition coefficient (Wildman–Crippen LogP) is 5.30. The van der Waals surface area contributed by atoms with Crippen molar-refractivity contribution in [3.63, 3.8) is 0 Å². The number of hydrogen-bond donors (Lipinski definition) is 0. The van der Waals surface area contributed by atoms with Crippen molar-refractivity contribution >= 4 is 11.9 Å². The number of carbonyl (C=O) groups excluding carboxylic acids is 2. The van der Waals surface area contributed by atoms with Crippen LogP contribution < -0.4 is 4.74 Å². The summed E-state index contributed by atoms with van der Waals surface area (Å²) in [5.41, 5.74) is -1.20. The Morgan fingerprint density at radius 3 is 1.92 bits per heavy atom. The number of esters is 2. The summed E-state index contributed by atoms with van der Waals surface area (Å²) in [6.07, 6.45) is 6.09. The zero-order valence-electron chi connectivity index (χ0n) is 15.9. The quantitative estimate of drug-likeness (QED) is 0.222. The summed E-state index contributed by atoms with van der Waals surface area (Å²) >= 11 is 0. The van der Waals surface area contributed by atoms with Crippen molar-refractivity contribution in [2.24, 2.45) is 5.41 Å². The van der Waals surface area contributed by atoms with Crippen molar-refractivity contribution in [3.8, 4) is 5.75 Å². The van der Waals surface area contributed by atoms with E-state index in [0.29, 0.717) is 25.2 Å². The Morgan fingerprint density at radius 2 is 1.40 bits per heavy atom. The highest BCUT2D eigenvalue weighted by molar-refractivity contribution is 6.00. The summed E-state index contributed by atoms with van der Waals surface area (Å²) in [7, 11) is 0. The number of rotatable bonds is 12. The van der Waals surface area contributed by atoms with Crippen LogP contribution in [0.3, 0.4) is 0 Å². The summed E-state index contributed by atoms with van der Waals surface area (Å²) in [5.74, 6) is -0.447. The highest BCUT2D eigenvalue weighted by atomic mass is 16.6. The van der Waals surface area contributed by atoms with Gasteiger partial charge in [0.2, 0.25) is 0 Å². The first-order valence-electron chi connectivity index (χ1n) is 9.55. The molecule has 0 atom stereocenters. The van der Waals surface area contributed by atoms with Gasteiger partial charge in [-0.1, -0.05) is 71.1 Å². The molecular weight excluding hydrogens is 316 g/mol. The van der Waals surface area contributed by atoms with Crippen LogP contribution in [0.2, 0.25) is 0 Å². The maximum Gasteiger partial charge on any atom is 0.328 e. The summed E-state index contributed by atoms with van der Waals surface area (Å²) < 4.78 is 11.0. The van der Waals surface area contributed by atoms with Crippen molar-refractivity contribution in [1.82, 2.24) is 0 Å². The zero-order valence-corrected chi connectivity index (χ0v) is 15.9. The average molecular weight is 348 g/mol. The van der Waals surface area contributed by atoms with Crippen LogP contribution in [-0.2, 0) is 14.3 Å². The van der Waals surface area contributed by atoms with E-state index in [-0.39, 0.29) is 0 Å². The first-order chi connectivity index (χ1) is 12.1. The Labute approximate surface area is 151 Å². The molecule has 1 rings (SSSR count). The molecule has 0 unspecified atom stereocenters. The van der Waals surface area contributed by atoms with Gasteiger partial charge in [0.15, 0.2) is 5.41 Å². The Bertz CT molecular complexity index is 502. The maximum atomic E-state index is 13.0. The van der Waals surface area contributed by atoms with E-state index < -0.39 is 17.4 Å². The Morgan fingerprint density at radius 1 is 0.840 bits per heavy atom. The molecule has 0 aliphatic heterocycles. The van der Waals surface area contributed by atoms with Gasteiger partial charge in [0, 0.05) is 0 Å². The summed E-state index contributed by atoms with van der Waals surface area (Å²) in [6, 6.07) is 8.93. The van der Waals surface area contributed by atoms with E-state index in [1.54, 1.807) is 12.1 Å². The molecule has 140 valence electrons. The number of unbranched alkanes of at least 4 members (excludes halogenated alkanes) is 3. The molecule has 0 aliphatic carbocycles. The highest BCUT2D eigenvalue weighted by Gasteiger charge is 2.48. The highest BCUT2D eigenvalue weighted by Crippen LogP contribution is 2.35. The number of carbonyl (C=O) groups is 2. The van der Waals surface area contributed by atoms with Crippen LogP contribution in [0.5, 0.6) is 5.75 Å². The molecule has 0 amide bonds. The molecule has 4 nitrogen and oxygen atoms in total. The van der Waals surface area contributed by atoms with Crippen LogP contribution >= 0.6 is 0 Å². The van der Waals surface area contributed by atoms with E-state index in [4.69, 9.17) is 9.47 Å². The van der Waals surface area contributed by atoms with E-state index in [1.807, 2.05) is 25.1 Å². The molecule has 0 N–H and O–H groups in total. The van der Waals surface area contributed by atoms with Crippen LogP contribution in [0.15, 0.2) is 30.3 Å². The fourth-order valence-corrected chi connectivity index (χ4v) is 2.71. The van der Waals surface area contributed by atoms with Gasteiger partial charge in [0.25, 0.3) is 0 Å². The summed E-state index contributed by atoms with van der Waals surface area (Å²) in [6.45, 7) is 6.50. The molecule has 1 aromatic rings. The summed E-state index contributed by atoms with van der Waals surface area (Å²) in [5, 5.41) is 0. The van der Waals surface area contributed by atoms with Gasteiger partial charge in [-0.05, 0) is 31.4 Å². The molecule has 4 heteroatoms. The molecule has 0 spiro atoms. The van der Waals surface area contributed by atoms with Crippen molar-refractivity contribution in [2.45, 2.75) is 72.1 Å². The molecule has 0 heterocycles. The standard InChI is InChI=1S/C21H32O4/c1-4-7-15-21(16-8-5-2,19(22)24-17-9-6-3)20(23)25-18-13-11-10-12-14-18/h10-14H,4-9,15-17H2,1-3H3. The van der Waals surface area contributed by atoms with Crippen LogP contribution in [0, 0.1) is 5.41 Å². The van der Waals surface area contributed by atoms with Crippen molar-refractivity contribution in [1.29, 1.82) is 0 Å². The van der Waals surface area contributed by atoms with E-state index in [0.717, 1.165) is 38.5 Å². The number of hydrogen-bond acceptors (Lipinski definition) is 4. The lowest BCUT2D eigenvalue weighted by Gasteiger charge is -2.29. The molecule has 0 bridgehead atoms. The SMILES string of the molecule is CCCCOC(=O)C(CCCC)(CCCC)C(=O)Oc1ccccc1. The molecule has 25 heavy (non-hydrogen) atoms. The van der Waals surface area contributed by atoms with Crippen molar-refractivity contribution < 1.29 is 19.1 Å². The lowest BCUT2D eigenvalue weighted by molar-refractivity contribution is -0.169. The van der Waals surface area contributed by atoms with Gasteiger partial charge in [-0.25, -0.2) is 0 Å². The maximum absolute atomic E-state index is 13.0. The molecule has 0 saturated heterocycles. The smallest absolute Gasteiger partial charge is 0.328 e. The van der Waals surface area contributed by atoms with E-state index in [1.165, 1.54) is 0 Å². The molecule has 0 radical (unpaired) electrons. The molecule has 1 aromatic carbocycles. The number of ether oxygens (including phenoxy) is 2. The van der Waals surface area contributed by atoms with Gasteiger partial charge in [-0.2, -0.15) is 0 Å². The fourth-order valence-electron chi connectivity index (χ4n) is 2.71. The van der Waals surface area contributed by atoms with Gasteiger partial charge >= 0.3 is 11.9 Å². The topological polar surface area (TPSA) is 52.6 Å². The van der Waals surface area contributed by atoms with Crippen molar-refractivity contribution in [3.05, 3.63) is 30.3 Å². The van der Waals surface area contributed by atoms with Gasteiger partial charge in [-0.3, -0.25) is 9.59 Å². The lowest BCUT2D eigenvalue weighted by atomic mass is 9.78. The van der Waals surface area contributed by atoms with Crippen molar-refractivity contribution in [2.75, 3.05) is 6.61 Å². The minimum Gasteiger partial charge on any atom is -0.465 e. The third-order valence-electron chi connectivity index (χ3n) is 4.38. The van der Waals surface area contributed by atoms with Gasteiger partial charge in [-0.15, -0.1) is 0 Å². The first kappa shape index (κ1) is 21.2. The average Bonchev–Trinajstić information content (AvgIpc) is 2.63. The Kier molecular flexibility index (Phi) is 9.90. The second kappa shape index (κ2) is 11.7. The fraction of sp³-hybridized carbons (Fsp3) is 0.619. The number of para-hydroxylation sites is 1. The third-order valence-corrected chi connectivity index (χ3v) is 4.38. The zero-order chi connectivity index (χ0) is 18.5. The number of benzene rings is 1. The molecule has 0 aromatic heterocycles. The van der Waals surface area contributed by atoms with E-state index in [9.17, 15) is 9.59 Å².